The van der Waals surface area contributed by atoms with Gasteiger partial charge < -0.3 is 11.5 Å². The van der Waals surface area contributed by atoms with Gasteiger partial charge >= 0.3 is 0 Å². The van der Waals surface area contributed by atoms with Crippen LogP contribution < -0.4 is 11.5 Å². The second kappa shape index (κ2) is 3.57. The molecule has 0 bridgehead atoms. The van der Waals surface area contributed by atoms with E-state index in [1.54, 1.807) is 0 Å². The maximum Gasteiger partial charge on any atom is 0.0484 e. The number of rotatable bonds is 1. The van der Waals surface area contributed by atoms with Crippen LogP contribution in [-0.4, -0.2) is 6.54 Å². The van der Waals surface area contributed by atoms with Crippen molar-refractivity contribution in [3.05, 3.63) is 35.4 Å². The first-order valence-corrected chi connectivity index (χ1v) is 6.34. The third kappa shape index (κ3) is 1.20. The van der Waals surface area contributed by atoms with Crippen LogP contribution in [0.4, 0.5) is 0 Å². The monoisotopic (exact) mass is 216 g/mol. The molecule has 2 aliphatic carbocycles. The summed E-state index contributed by atoms with van der Waals surface area (Å²) in [6, 6.07) is 8.67. The molecule has 2 heteroatoms. The third-order valence-electron chi connectivity index (χ3n) is 4.69. The van der Waals surface area contributed by atoms with Gasteiger partial charge in [0.2, 0.25) is 0 Å². The molecule has 2 nitrogen and oxygen atoms in total. The molecule has 0 saturated heterocycles. The highest BCUT2D eigenvalue weighted by molar-refractivity contribution is 5.41. The highest BCUT2D eigenvalue weighted by Gasteiger charge is 2.49. The molecule has 0 heterocycles. The molecule has 3 rings (SSSR count). The Labute approximate surface area is 97.0 Å². The van der Waals surface area contributed by atoms with Crippen LogP contribution in [0.15, 0.2) is 24.3 Å². The van der Waals surface area contributed by atoms with Crippen molar-refractivity contribution < 1.29 is 0 Å². The van der Waals surface area contributed by atoms with Crippen molar-refractivity contribution >= 4 is 0 Å². The van der Waals surface area contributed by atoms with E-state index in [0.717, 1.165) is 13.0 Å². The van der Waals surface area contributed by atoms with Crippen LogP contribution in [0.25, 0.3) is 0 Å². The van der Waals surface area contributed by atoms with E-state index >= 15 is 0 Å². The summed E-state index contributed by atoms with van der Waals surface area (Å²) in [4.78, 5) is 0. The number of benzene rings is 1. The van der Waals surface area contributed by atoms with Gasteiger partial charge in [-0.2, -0.15) is 0 Å². The third-order valence-corrected chi connectivity index (χ3v) is 4.69. The van der Waals surface area contributed by atoms with Gasteiger partial charge in [0.1, 0.15) is 0 Å². The molecular formula is C14H20N2. The van der Waals surface area contributed by atoms with Crippen LogP contribution >= 0.6 is 0 Å². The molecule has 1 fully saturated rings. The topological polar surface area (TPSA) is 52.0 Å². The van der Waals surface area contributed by atoms with Crippen LogP contribution in [0, 0.1) is 11.8 Å². The normalized spacial score (nSPS) is 36.9. The van der Waals surface area contributed by atoms with Gasteiger partial charge in [0, 0.05) is 5.54 Å². The van der Waals surface area contributed by atoms with E-state index in [9.17, 15) is 0 Å². The van der Waals surface area contributed by atoms with E-state index in [2.05, 4.69) is 24.3 Å². The molecule has 1 saturated carbocycles. The first kappa shape index (κ1) is 10.3. The first-order valence-electron chi connectivity index (χ1n) is 6.34. The summed E-state index contributed by atoms with van der Waals surface area (Å²) < 4.78 is 0. The average molecular weight is 216 g/mol. The Morgan fingerprint density at radius 1 is 1.25 bits per heavy atom. The summed E-state index contributed by atoms with van der Waals surface area (Å²) in [5, 5.41) is 0. The van der Waals surface area contributed by atoms with E-state index < -0.39 is 0 Å². The number of hydrogen-bond donors (Lipinski definition) is 2. The molecule has 3 atom stereocenters. The summed E-state index contributed by atoms with van der Waals surface area (Å²) >= 11 is 0. The fourth-order valence-corrected chi connectivity index (χ4v) is 3.83. The summed E-state index contributed by atoms with van der Waals surface area (Å²) in [6.45, 7) is 0.724. The molecule has 2 aliphatic rings. The van der Waals surface area contributed by atoms with Crippen LogP contribution in [0.2, 0.25) is 0 Å². The van der Waals surface area contributed by atoms with Crippen molar-refractivity contribution in [1.29, 1.82) is 0 Å². The highest BCUT2D eigenvalue weighted by Crippen LogP contribution is 2.50. The quantitative estimate of drug-likeness (QED) is 0.751. The van der Waals surface area contributed by atoms with Crippen LogP contribution in [0.3, 0.4) is 0 Å². The minimum atomic E-state index is -0.135. The molecule has 0 radical (unpaired) electrons. The average Bonchev–Trinajstić information content (AvgIpc) is 2.62. The smallest absolute Gasteiger partial charge is 0.0484 e. The fraction of sp³-hybridized carbons (Fsp3) is 0.571. The zero-order chi connectivity index (χ0) is 11.2. The zero-order valence-electron chi connectivity index (χ0n) is 9.65. The van der Waals surface area contributed by atoms with Gasteiger partial charge in [-0.05, 0) is 48.8 Å². The Balaban J connectivity index is 2.10. The van der Waals surface area contributed by atoms with Crippen molar-refractivity contribution in [3.63, 3.8) is 0 Å². The van der Waals surface area contributed by atoms with Gasteiger partial charge in [-0.3, -0.25) is 0 Å². The number of nitrogens with two attached hydrogens (primary N) is 2. The van der Waals surface area contributed by atoms with Crippen molar-refractivity contribution in [2.24, 2.45) is 23.3 Å². The van der Waals surface area contributed by atoms with Crippen molar-refractivity contribution in [2.75, 3.05) is 6.54 Å². The summed E-state index contributed by atoms with van der Waals surface area (Å²) in [7, 11) is 0. The Hall–Kier alpha value is -0.860. The van der Waals surface area contributed by atoms with Crippen LogP contribution in [0.1, 0.15) is 30.4 Å². The van der Waals surface area contributed by atoms with Gasteiger partial charge in [-0.15, -0.1) is 0 Å². The Morgan fingerprint density at radius 2 is 2.06 bits per heavy atom. The maximum absolute atomic E-state index is 6.75. The second-order valence-electron chi connectivity index (χ2n) is 5.35. The fourth-order valence-electron chi connectivity index (χ4n) is 3.83. The molecular weight excluding hydrogens is 196 g/mol. The SMILES string of the molecule is NCC1CCCC2Cc3ccccc3C12N. The van der Waals surface area contributed by atoms with Crippen molar-refractivity contribution in [1.82, 2.24) is 0 Å². The summed E-state index contributed by atoms with van der Waals surface area (Å²) in [5.41, 5.74) is 15.4. The van der Waals surface area contributed by atoms with E-state index in [1.165, 1.54) is 30.4 Å². The van der Waals surface area contributed by atoms with Crippen LogP contribution in [-0.2, 0) is 12.0 Å². The van der Waals surface area contributed by atoms with Crippen molar-refractivity contribution in [3.8, 4) is 0 Å². The molecule has 0 aromatic heterocycles. The van der Waals surface area contributed by atoms with Gasteiger partial charge in [-0.25, -0.2) is 0 Å². The van der Waals surface area contributed by atoms with Gasteiger partial charge in [0.05, 0.1) is 0 Å². The number of fused-ring (bicyclic) bond motifs is 3. The summed E-state index contributed by atoms with van der Waals surface area (Å²) in [6.07, 6.45) is 4.90. The lowest BCUT2D eigenvalue weighted by Gasteiger charge is -2.43. The standard InChI is InChI=1S/C14H20N2/c15-9-12-6-3-5-11-8-10-4-1-2-7-13(10)14(11,12)16/h1-2,4,7,11-12H,3,5-6,8-9,15-16H2. The lowest BCUT2D eigenvalue weighted by molar-refractivity contribution is 0.131. The predicted molar refractivity (Wildman–Crippen MR) is 65.9 cm³/mol. The zero-order valence-corrected chi connectivity index (χ0v) is 9.65. The molecule has 0 amide bonds. The predicted octanol–water partition coefficient (Wildman–Crippen LogP) is 1.77. The molecule has 4 N–H and O–H groups in total. The first-order chi connectivity index (χ1) is 7.76. The Kier molecular flexibility index (Phi) is 2.30. The van der Waals surface area contributed by atoms with E-state index in [0.29, 0.717) is 11.8 Å². The minimum Gasteiger partial charge on any atom is -0.330 e. The molecule has 0 aliphatic heterocycles. The molecule has 16 heavy (non-hydrogen) atoms. The molecule has 3 unspecified atom stereocenters. The van der Waals surface area contributed by atoms with Gasteiger partial charge in [-0.1, -0.05) is 30.7 Å². The van der Waals surface area contributed by atoms with Gasteiger partial charge in [0.15, 0.2) is 0 Å². The molecule has 0 spiro atoms. The Bertz CT molecular complexity index is 393. The van der Waals surface area contributed by atoms with E-state index in [-0.39, 0.29) is 5.54 Å². The maximum atomic E-state index is 6.75. The second-order valence-corrected chi connectivity index (χ2v) is 5.35. The lowest BCUT2D eigenvalue weighted by atomic mass is 9.66. The van der Waals surface area contributed by atoms with E-state index in [1.807, 2.05) is 0 Å². The van der Waals surface area contributed by atoms with Crippen molar-refractivity contribution in [2.45, 2.75) is 31.2 Å². The Morgan fingerprint density at radius 3 is 2.88 bits per heavy atom. The lowest BCUT2D eigenvalue weighted by Crippen LogP contribution is -2.52. The molecule has 1 aromatic carbocycles. The largest absolute Gasteiger partial charge is 0.330 e. The highest BCUT2D eigenvalue weighted by atomic mass is 14.8. The minimum absolute atomic E-state index is 0.135. The van der Waals surface area contributed by atoms with E-state index in [4.69, 9.17) is 11.5 Å². The van der Waals surface area contributed by atoms with Gasteiger partial charge in [0.25, 0.3) is 0 Å². The van der Waals surface area contributed by atoms with Crippen LogP contribution in [0.5, 0.6) is 0 Å². The summed E-state index contributed by atoms with van der Waals surface area (Å²) in [5.74, 6) is 1.09. The molecule has 86 valence electrons. The number of hydrogen-bond acceptors (Lipinski definition) is 2. The molecule has 1 aromatic rings.